The molecule has 1 atom stereocenters. The Morgan fingerprint density at radius 2 is 1.85 bits per heavy atom. The van der Waals surface area contributed by atoms with Crippen LogP contribution in [0.2, 0.25) is 0 Å². The second kappa shape index (κ2) is 9.13. The molecule has 0 fully saturated rings. The molecule has 5 nitrogen and oxygen atoms in total. The van der Waals surface area contributed by atoms with Gasteiger partial charge >= 0.3 is 0 Å². The number of aryl methyl sites for hydroxylation is 2. The summed E-state index contributed by atoms with van der Waals surface area (Å²) in [4.78, 5) is 24.0. The number of nitrogens with zero attached hydrogens (tertiary/aromatic N) is 4. The largest absolute Gasteiger partial charge is 0.316 e. The van der Waals surface area contributed by atoms with E-state index in [1.807, 2.05) is 30.5 Å². The Morgan fingerprint density at radius 3 is 2.64 bits per heavy atom. The summed E-state index contributed by atoms with van der Waals surface area (Å²) >= 11 is 1.41. The first-order valence-electron chi connectivity index (χ1n) is 13.0. The van der Waals surface area contributed by atoms with Crippen LogP contribution in [0.3, 0.4) is 0 Å². The second-order valence-electron chi connectivity index (χ2n) is 10.0. The van der Waals surface area contributed by atoms with E-state index in [2.05, 4.69) is 47.7 Å². The normalized spacial score (nSPS) is 16.5. The van der Waals surface area contributed by atoms with Crippen LogP contribution >= 0.6 is 11.3 Å². The van der Waals surface area contributed by atoms with Crippen LogP contribution in [0.5, 0.6) is 0 Å². The van der Waals surface area contributed by atoms with Crippen molar-refractivity contribution in [3.8, 4) is 5.69 Å². The molecule has 0 saturated heterocycles. The van der Waals surface area contributed by atoms with Gasteiger partial charge in [-0.3, -0.25) is 14.3 Å². The van der Waals surface area contributed by atoms with E-state index >= 15 is 0 Å². The lowest BCUT2D eigenvalue weighted by Gasteiger charge is -2.30. The summed E-state index contributed by atoms with van der Waals surface area (Å²) < 4.78 is 18.5. The van der Waals surface area contributed by atoms with E-state index in [-0.39, 0.29) is 17.4 Å². The molecule has 0 radical (unpaired) electrons. The molecule has 5 aromatic rings. The number of aromatic nitrogens is 3. The molecule has 2 aliphatic rings. The van der Waals surface area contributed by atoms with E-state index in [1.54, 1.807) is 22.9 Å². The maximum Gasteiger partial charge on any atom is 0.271 e. The van der Waals surface area contributed by atoms with Gasteiger partial charge in [0, 0.05) is 23.1 Å². The van der Waals surface area contributed by atoms with Crippen molar-refractivity contribution in [2.24, 2.45) is 4.99 Å². The molecule has 0 unspecified atom stereocenters. The summed E-state index contributed by atoms with van der Waals surface area (Å²) in [5, 5.41) is 0. The van der Waals surface area contributed by atoms with Gasteiger partial charge in [-0.15, -0.1) is 0 Å². The highest BCUT2D eigenvalue weighted by atomic mass is 32.1. The SMILES string of the molecule is Cc1cc(/C=c2\sc3n(c2=O)[C@H](c2ccc(F)cc2)C2=C(N=3)c3ccccc3CC2)c(C)n1-c1cccnc1. The van der Waals surface area contributed by atoms with E-state index in [0.29, 0.717) is 9.33 Å². The Morgan fingerprint density at radius 1 is 1.03 bits per heavy atom. The minimum absolute atomic E-state index is 0.0790. The molecule has 4 heterocycles. The fourth-order valence-electron chi connectivity index (χ4n) is 5.93. The van der Waals surface area contributed by atoms with Gasteiger partial charge in [-0.25, -0.2) is 9.38 Å². The van der Waals surface area contributed by atoms with Crippen LogP contribution in [0.15, 0.2) is 94.5 Å². The molecule has 0 spiro atoms. The maximum atomic E-state index is 14.0. The molecule has 2 aromatic carbocycles. The zero-order valence-corrected chi connectivity index (χ0v) is 22.4. The van der Waals surface area contributed by atoms with Gasteiger partial charge in [0.15, 0.2) is 4.80 Å². The molecule has 39 heavy (non-hydrogen) atoms. The fourth-order valence-corrected chi connectivity index (χ4v) is 6.92. The number of hydrogen-bond acceptors (Lipinski definition) is 4. The molecule has 3 aromatic heterocycles. The van der Waals surface area contributed by atoms with E-state index < -0.39 is 0 Å². The molecule has 7 heteroatoms. The van der Waals surface area contributed by atoms with E-state index in [0.717, 1.165) is 57.9 Å². The highest BCUT2D eigenvalue weighted by molar-refractivity contribution is 7.07. The molecule has 0 amide bonds. The molecule has 0 saturated carbocycles. The van der Waals surface area contributed by atoms with Crippen molar-refractivity contribution >= 4 is 23.1 Å². The van der Waals surface area contributed by atoms with Gasteiger partial charge < -0.3 is 4.57 Å². The number of benzene rings is 2. The molecular weight excluding hydrogens is 507 g/mol. The first-order valence-corrected chi connectivity index (χ1v) is 13.8. The van der Waals surface area contributed by atoms with Crippen molar-refractivity contribution in [2.75, 3.05) is 0 Å². The van der Waals surface area contributed by atoms with Crippen molar-refractivity contribution in [3.05, 3.63) is 144 Å². The molecular formula is C32H25FN4OS. The molecule has 0 N–H and O–H groups in total. The summed E-state index contributed by atoms with van der Waals surface area (Å²) in [6, 6.07) is 20.6. The standard InChI is InChI=1S/C32H25FN4OS/c1-19-16-23(20(2)36(19)25-7-5-15-34-18-25)17-28-31(38)37-30(22-9-12-24(33)13-10-22)27-14-11-21-6-3-4-8-26(21)29(27)35-32(37)39-28/h3-10,12-13,15-18,30H,11,14H2,1-2H3/b28-17-/t30-/m1/s1. The number of hydrogen-bond donors (Lipinski definition) is 0. The monoisotopic (exact) mass is 532 g/mol. The second-order valence-corrected chi connectivity index (χ2v) is 11.0. The number of allylic oxidation sites excluding steroid dienone is 1. The topological polar surface area (TPSA) is 52.2 Å². The van der Waals surface area contributed by atoms with Crippen molar-refractivity contribution in [2.45, 2.75) is 32.7 Å². The molecule has 192 valence electrons. The van der Waals surface area contributed by atoms with Gasteiger partial charge in [0.2, 0.25) is 0 Å². The average molecular weight is 533 g/mol. The smallest absolute Gasteiger partial charge is 0.271 e. The summed E-state index contributed by atoms with van der Waals surface area (Å²) in [5.41, 5.74) is 9.30. The highest BCUT2D eigenvalue weighted by Gasteiger charge is 2.32. The van der Waals surface area contributed by atoms with Crippen LogP contribution in [0.4, 0.5) is 4.39 Å². The molecule has 1 aliphatic carbocycles. The Bertz CT molecular complexity index is 1960. The minimum atomic E-state index is -0.324. The molecule has 7 rings (SSSR count). The Balaban J connectivity index is 1.45. The van der Waals surface area contributed by atoms with Gasteiger partial charge in [-0.2, -0.15) is 0 Å². The zero-order chi connectivity index (χ0) is 26.7. The predicted molar refractivity (Wildman–Crippen MR) is 152 cm³/mol. The average Bonchev–Trinajstić information content (AvgIpc) is 3.42. The van der Waals surface area contributed by atoms with Gasteiger partial charge in [0.05, 0.1) is 28.2 Å². The van der Waals surface area contributed by atoms with Crippen LogP contribution in [-0.2, 0) is 6.42 Å². The van der Waals surface area contributed by atoms with Crippen LogP contribution in [-0.4, -0.2) is 14.1 Å². The highest BCUT2D eigenvalue weighted by Crippen LogP contribution is 2.41. The van der Waals surface area contributed by atoms with E-state index in [1.165, 1.54) is 29.0 Å². The first kappa shape index (κ1) is 23.7. The van der Waals surface area contributed by atoms with Crippen LogP contribution < -0.4 is 14.9 Å². The third kappa shape index (κ3) is 3.84. The lowest BCUT2D eigenvalue weighted by atomic mass is 9.83. The predicted octanol–water partition coefficient (Wildman–Crippen LogP) is 5.26. The third-order valence-corrected chi connectivity index (χ3v) is 8.70. The summed E-state index contributed by atoms with van der Waals surface area (Å²) in [6.07, 6.45) is 7.25. The Hall–Kier alpha value is -4.36. The van der Waals surface area contributed by atoms with Gasteiger partial charge in [-0.1, -0.05) is 47.7 Å². The zero-order valence-electron chi connectivity index (χ0n) is 21.6. The number of rotatable bonds is 3. The lowest BCUT2D eigenvalue weighted by molar-refractivity contribution is 0.581. The summed E-state index contributed by atoms with van der Waals surface area (Å²) in [7, 11) is 0. The van der Waals surface area contributed by atoms with E-state index in [9.17, 15) is 9.18 Å². The quantitative estimate of drug-likeness (QED) is 0.318. The van der Waals surface area contributed by atoms with Gasteiger partial charge in [-0.05, 0) is 85.4 Å². The van der Waals surface area contributed by atoms with Crippen molar-refractivity contribution in [3.63, 3.8) is 0 Å². The summed E-state index contributed by atoms with van der Waals surface area (Å²) in [6.45, 7) is 4.11. The fraction of sp³-hybridized carbons (Fsp3) is 0.156. The number of fused-ring (bicyclic) bond motifs is 3. The lowest BCUT2D eigenvalue weighted by Crippen LogP contribution is -2.38. The van der Waals surface area contributed by atoms with Crippen LogP contribution in [0.25, 0.3) is 17.5 Å². The van der Waals surface area contributed by atoms with Gasteiger partial charge in [0.25, 0.3) is 5.56 Å². The maximum absolute atomic E-state index is 14.0. The molecule has 0 bridgehead atoms. The first-order chi connectivity index (χ1) is 19.0. The van der Waals surface area contributed by atoms with Crippen molar-refractivity contribution in [1.82, 2.24) is 14.1 Å². The Kier molecular flexibility index (Phi) is 5.56. The Labute approximate surface area is 228 Å². The minimum Gasteiger partial charge on any atom is -0.316 e. The van der Waals surface area contributed by atoms with Crippen molar-refractivity contribution < 1.29 is 4.39 Å². The van der Waals surface area contributed by atoms with E-state index in [4.69, 9.17) is 4.99 Å². The number of thiazole rings is 1. The molecule has 1 aliphatic heterocycles. The summed E-state index contributed by atoms with van der Waals surface area (Å²) in [5.74, 6) is -0.293. The third-order valence-electron chi connectivity index (χ3n) is 7.72. The van der Waals surface area contributed by atoms with Gasteiger partial charge in [0.1, 0.15) is 5.82 Å². The van der Waals surface area contributed by atoms with Crippen LogP contribution in [0, 0.1) is 19.7 Å². The van der Waals surface area contributed by atoms with Crippen LogP contribution in [0.1, 0.15) is 46.1 Å². The van der Waals surface area contributed by atoms with Crippen molar-refractivity contribution in [1.29, 1.82) is 0 Å². The number of halogens is 1. The number of pyridine rings is 1.